The third-order valence-electron chi connectivity index (χ3n) is 2.47. The predicted octanol–water partition coefficient (Wildman–Crippen LogP) is 2.87. The molecule has 0 bridgehead atoms. The Morgan fingerprint density at radius 3 is 2.55 bits per heavy atom. The predicted molar refractivity (Wildman–Crippen MR) is 62.9 cm³/mol. The molecule has 0 amide bonds. The van der Waals surface area contributed by atoms with Crippen LogP contribution in [0.3, 0.4) is 0 Å². The monoisotopic (exact) mass is 287 g/mol. The zero-order chi connectivity index (χ0) is 15.3. The normalized spacial score (nSPS) is 10.8. The number of esters is 1. The smallest absolute Gasteiger partial charge is 0.466 e. The van der Waals surface area contributed by atoms with E-state index in [0.29, 0.717) is 5.56 Å². The fourth-order valence-electron chi connectivity index (χ4n) is 1.65. The van der Waals surface area contributed by atoms with E-state index in [2.05, 4.69) is 4.74 Å². The van der Waals surface area contributed by atoms with Crippen LogP contribution in [0.2, 0.25) is 0 Å². The average molecular weight is 287 g/mol. The van der Waals surface area contributed by atoms with Crippen LogP contribution in [-0.2, 0) is 16.0 Å². The number of hydrogen-bond acceptors (Lipinski definition) is 4. The van der Waals surface area contributed by atoms with Gasteiger partial charge in [-0.1, -0.05) is 6.07 Å². The number of hydrogen-bond donors (Lipinski definition) is 0. The molecule has 108 valence electrons. The number of nitriles is 1. The second-order valence-corrected chi connectivity index (χ2v) is 3.88. The molecule has 0 aliphatic rings. The molecule has 0 saturated heterocycles. The molecule has 0 atom stereocenters. The van der Waals surface area contributed by atoms with Crippen LogP contribution in [0.4, 0.5) is 13.2 Å². The average Bonchev–Trinajstić information content (AvgIpc) is 2.32. The van der Waals surface area contributed by atoms with Gasteiger partial charge in [0.1, 0.15) is 11.8 Å². The van der Waals surface area contributed by atoms with Crippen molar-refractivity contribution >= 4 is 5.97 Å². The molecule has 0 N–H and O–H groups in total. The number of halogens is 3. The zero-order valence-electron chi connectivity index (χ0n) is 10.9. The third kappa shape index (κ3) is 4.16. The van der Waals surface area contributed by atoms with Crippen molar-refractivity contribution in [3.8, 4) is 11.8 Å². The first-order valence-corrected chi connectivity index (χ1v) is 5.72. The summed E-state index contributed by atoms with van der Waals surface area (Å²) in [4.78, 5) is 11.4. The topological polar surface area (TPSA) is 59.3 Å². The van der Waals surface area contributed by atoms with Crippen LogP contribution >= 0.6 is 0 Å². The van der Waals surface area contributed by atoms with E-state index in [1.807, 2.05) is 0 Å². The molecule has 7 heteroatoms. The standard InChI is InChI=1S/C13H12F3NO3/c1-3-19-12(18)6-9-8(2)4-5-11(10(9)7-17)20-13(14,15)16/h4-5H,3,6H2,1-2H3. The fraction of sp³-hybridized carbons (Fsp3) is 0.385. The minimum atomic E-state index is -4.90. The van der Waals surface area contributed by atoms with Gasteiger partial charge in [-0.15, -0.1) is 13.2 Å². The summed E-state index contributed by atoms with van der Waals surface area (Å²) >= 11 is 0. The van der Waals surface area contributed by atoms with Crippen LogP contribution in [0, 0.1) is 18.3 Å². The highest BCUT2D eigenvalue weighted by Crippen LogP contribution is 2.30. The SMILES string of the molecule is CCOC(=O)Cc1c(C)ccc(OC(F)(F)F)c1C#N. The minimum Gasteiger partial charge on any atom is -0.466 e. The summed E-state index contributed by atoms with van der Waals surface area (Å²) in [7, 11) is 0. The van der Waals surface area contributed by atoms with E-state index in [-0.39, 0.29) is 24.2 Å². The molecule has 0 fully saturated rings. The number of alkyl halides is 3. The number of rotatable bonds is 4. The van der Waals surface area contributed by atoms with Gasteiger partial charge in [0.2, 0.25) is 0 Å². The molecular formula is C13H12F3NO3. The van der Waals surface area contributed by atoms with Crippen LogP contribution in [0.25, 0.3) is 0 Å². The lowest BCUT2D eigenvalue weighted by Crippen LogP contribution is -2.19. The summed E-state index contributed by atoms with van der Waals surface area (Å²) < 4.78 is 45.3. The van der Waals surface area contributed by atoms with Crippen molar-refractivity contribution in [1.29, 1.82) is 5.26 Å². The van der Waals surface area contributed by atoms with Crippen molar-refractivity contribution in [2.24, 2.45) is 0 Å². The Hall–Kier alpha value is -2.23. The van der Waals surface area contributed by atoms with E-state index in [1.54, 1.807) is 19.9 Å². The maximum Gasteiger partial charge on any atom is 0.573 e. The van der Waals surface area contributed by atoms with Crippen molar-refractivity contribution in [3.63, 3.8) is 0 Å². The molecular weight excluding hydrogens is 275 g/mol. The molecule has 0 aliphatic carbocycles. The molecule has 20 heavy (non-hydrogen) atoms. The Labute approximate surface area is 113 Å². The summed E-state index contributed by atoms with van der Waals surface area (Å²) in [6.45, 7) is 3.35. The Bertz CT molecular complexity index is 547. The number of carbonyl (C=O) groups is 1. The maximum absolute atomic E-state index is 12.2. The molecule has 0 unspecified atom stereocenters. The van der Waals surface area contributed by atoms with Crippen molar-refractivity contribution < 1.29 is 27.4 Å². The Morgan fingerprint density at radius 2 is 2.05 bits per heavy atom. The lowest BCUT2D eigenvalue weighted by molar-refractivity contribution is -0.274. The molecule has 0 aromatic heterocycles. The molecule has 1 aromatic carbocycles. The summed E-state index contributed by atoms with van der Waals surface area (Å²) in [5.74, 6) is -1.24. The molecule has 0 spiro atoms. The van der Waals surface area contributed by atoms with Crippen LogP contribution in [-0.4, -0.2) is 18.9 Å². The van der Waals surface area contributed by atoms with Crippen molar-refractivity contribution in [2.45, 2.75) is 26.6 Å². The van der Waals surface area contributed by atoms with Crippen LogP contribution in [0.15, 0.2) is 12.1 Å². The van der Waals surface area contributed by atoms with Gasteiger partial charge < -0.3 is 9.47 Å². The zero-order valence-corrected chi connectivity index (χ0v) is 10.9. The second kappa shape index (κ2) is 6.28. The van der Waals surface area contributed by atoms with Gasteiger partial charge in [0.25, 0.3) is 0 Å². The highest BCUT2D eigenvalue weighted by Gasteiger charge is 2.33. The molecule has 0 heterocycles. The van der Waals surface area contributed by atoms with Crippen molar-refractivity contribution in [2.75, 3.05) is 6.61 Å². The number of aryl methyl sites for hydroxylation is 1. The number of benzene rings is 1. The van der Waals surface area contributed by atoms with Gasteiger partial charge in [0.05, 0.1) is 18.6 Å². The van der Waals surface area contributed by atoms with Crippen molar-refractivity contribution in [1.82, 2.24) is 0 Å². The quantitative estimate of drug-likeness (QED) is 0.799. The summed E-state index contributed by atoms with van der Waals surface area (Å²) in [6.07, 6.45) is -5.18. The largest absolute Gasteiger partial charge is 0.573 e. The Balaban J connectivity index is 3.19. The lowest BCUT2D eigenvalue weighted by atomic mass is 9.99. The Kier molecular flexibility index (Phi) is 4.97. The fourth-order valence-corrected chi connectivity index (χ4v) is 1.65. The van der Waals surface area contributed by atoms with Gasteiger partial charge in [0.15, 0.2) is 0 Å². The second-order valence-electron chi connectivity index (χ2n) is 3.88. The molecule has 0 saturated carbocycles. The van der Waals surface area contributed by atoms with Crippen LogP contribution < -0.4 is 4.74 Å². The summed E-state index contributed by atoms with van der Waals surface area (Å²) in [5.41, 5.74) is 0.382. The molecule has 4 nitrogen and oxygen atoms in total. The van der Waals surface area contributed by atoms with E-state index in [9.17, 15) is 18.0 Å². The first kappa shape index (κ1) is 15.8. The van der Waals surface area contributed by atoms with Crippen LogP contribution in [0.5, 0.6) is 5.75 Å². The van der Waals surface area contributed by atoms with Crippen molar-refractivity contribution in [3.05, 3.63) is 28.8 Å². The van der Waals surface area contributed by atoms with Gasteiger partial charge in [-0.2, -0.15) is 5.26 Å². The summed E-state index contributed by atoms with van der Waals surface area (Å²) in [5, 5.41) is 9.01. The van der Waals surface area contributed by atoms with E-state index in [0.717, 1.165) is 6.07 Å². The third-order valence-corrected chi connectivity index (χ3v) is 2.47. The molecule has 1 rings (SSSR count). The van der Waals surface area contributed by atoms with Gasteiger partial charge in [-0.25, -0.2) is 0 Å². The highest BCUT2D eigenvalue weighted by molar-refractivity contribution is 5.75. The Morgan fingerprint density at radius 1 is 1.40 bits per heavy atom. The number of carbonyl (C=O) groups excluding carboxylic acids is 1. The van der Waals surface area contributed by atoms with Gasteiger partial charge in [-0.3, -0.25) is 4.79 Å². The van der Waals surface area contributed by atoms with Gasteiger partial charge in [0, 0.05) is 0 Å². The molecule has 0 radical (unpaired) electrons. The van der Waals surface area contributed by atoms with E-state index in [1.165, 1.54) is 6.07 Å². The lowest BCUT2D eigenvalue weighted by Gasteiger charge is -2.14. The number of nitrogens with zero attached hydrogens (tertiary/aromatic N) is 1. The molecule has 0 aliphatic heterocycles. The van der Waals surface area contributed by atoms with E-state index in [4.69, 9.17) is 10.00 Å². The first-order valence-electron chi connectivity index (χ1n) is 5.72. The van der Waals surface area contributed by atoms with Gasteiger partial charge in [-0.05, 0) is 31.0 Å². The molecule has 1 aromatic rings. The summed E-state index contributed by atoms with van der Waals surface area (Å²) in [6, 6.07) is 4.05. The van der Waals surface area contributed by atoms with E-state index < -0.39 is 18.1 Å². The van der Waals surface area contributed by atoms with Crippen LogP contribution in [0.1, 0.15) is 23.6 Å². The van der Waals surface area contributed by atoms with Gasteiger partial charge >= 0.3 is 12.3 Å². The maximum atomic E-state index is 12.2. The first-order chi connectivity index (χ1) is 9.28. The van der Waals surface area contributed by atoms with E-state index >= 15 is 0 Å². The number of ether oxygens (including phenoxy) is 2. The minimum absolute atomic E-state index is 0.151. The highest BCUT2D eigenvalue weighted by atomic mass is 19.4.